The Morgan fingerprint density at radius 2 is 1.73 bits per heavy atom. The number of hydrogen-bond acceptors (Lipinski definition) is 4. The predicted molar refractivity (Wildman–Crippen MR) is 109 cm³/mol. The minimum Gasteiger partial charge on any atom is -0.431 e. The van der Waals surface area contributed by atoms with Crippen LogP contribution < -0.4 is 10.1 Å². The number of carbonyl (C=O) groups is 2. The number of nitrogens with one attached hydrogen (secondary N) is 1. The van der Waals surface area contributed by atoms with Crippen LogP contribution in [-0.2, 0) is 9.53 Å². The minimum atomic E-state index is -3.43. The fraction of sp³-hybridized carbons (Fsp3) is 0.391. The zero-order valence-corrected chi connectivity index (χ0v) is 18.2. The molecule has 3 rings (SSSR count). The maximum absolute atomic E-state index is 14.4. The van der Waals surface area contributed by atoms with Crippen LogP contribution >= 0.6 is 0 Å². The summed E-state index contributed by atoms with van der Waals surface area (Å²) < 4.78 is 78.0. The van der Waals surface area contributed by atoms with E-state index in [2.05, 4.69) is 10.1 Å². The van der Waals surface area contributed by atoms with Crippen LogP contribution in [0.25, 0.3) is 0 Å². The maximum atomic E-state index is 14.4. The molecule has 0 aliphatic carbocycles. The number of alkyl halides is 2. The second-order valence-corrected chi connectivity index (χ2v) is 8.35. The van der Waals surface area contributed by atoms with Crippen molar-refractivity contribution in [3.8, 4) is 5.75 Å². The van der Waals surface area contributed by atoms with Crippen LogP contribution in [0.1, 0.15) is 49.5 Å². The zero-order valence-electron chi connectivity index (χ0n) is 18.2. The van der Waals surface area contributed by atoms with Crippen molar-refractivity contribution in [3.05, 3.63) is 58.9 Å². The smallest absolute Gasteiger partial charge is 0.387 e. The Morgan fingerprint density at radius 1 is 1.09 bits per heavy atom. The molecular weight excluding hydrogens is 449 g/mol. The molecule has 1 amide bonds. The van der Waals surface area contributed by atoms with Crippen LogP contribution in [-0.4, -0.2) is 30.0 Å². The molecule has 1 aliphatic heterocycles. The lowest BCUT2D eigenvalue weighted by Crippen LogP contribution is -2.33. The summed E-state index contributed by atoms with van der Waals surface area (Å²) in [5.41, 5.74) is -1.25. The maximum Gasteiger partial charge on any atom is 0.387 e. The normalized spacial score (nSPS) is 21.8. The molecule has 2 aromatic carbocycles. The second kappa shape index (κ2) is 9.09. The van der Waals surface area contributed by atoms with Crippen LogP contribution in [0.2, 0.25) is 0 Å². The molecule has 0 spiro atoms. The van der Waals surface area contributed by atoms with Crippen molar-refractivity contribution in [1.82, 2.24) is 0 Å². The lowest BCUT2D eigenvalue weighted by atomic mass is 9.78. The topological polar surface area (TPSA) is 64.6 Å². The highest BCUT2D eigenvalue weighted by Crippen LogP contribution is 2.49. The average molecular weight is 471 g/mol. The number of ketones is 1. The first-order chi connectivity index (χ1) is 15.3. The average Bonchev–Trinajstić information content (AvgIpc) is 2.96. The molecule has 2 aromatic rings. The quantitative estimate of drug-likeness (QED) is 0.450. The van der Waals surface area contributed by atoms with E-state index in [4.69, 9.17) is 4.74 Å². The van der Waals surface area contributed by atoms with E-state index in [1.807, 2.05) is 0 Å². The molecule has 0 aromatic heterocycles. The Bertz CT molecular complexity index is 1090. The van der Waals surface area contributed by atoms with Gasteiger partial charge in [0.15, 0.2) is 17.3 Å². The van der Waals surface area contributed by atoms with E-state index in [1.54, 1.807) is 20.8 Å². The summed E-state index contributed by atoms with van der Waals surface area (Å²) in [4.78, 5) is 24.7. The van der Waals surface area contributed by atoms with Crippen molar-refractivity contribution >= 4 is 17.4 Å². The van der Waals surface area contributed by atoms with Crippen LogP contribution in [0, 0.1) is 23.4 Å². The molecule has 178 valence electrons. The summed E-state index contributed by atoms with van der Waals surface area (Å²) in [6.45, 7) is 2.74. The van der Waals surface area contributed by atoms with Gasteiger partial charge in [0.25, 0.3) is 5.91 Å². The Hall–Kier alpha value is -3.01. The molecule has 0 saturated carbocycles. The van der Waals surface area contributed by atoms with Crippen LogP contribution in [0.4, 0.5) is 27.6 Å². The number of hydrogen-bond donors (Lipinski definition) is 1. The van der Waals surface area contributed by atoms with Crippen LogP contribution in [0.15, 0.2) is 30.3 Å². The summed E-state index contributed by atoms with van der Waals surface area (Å²) in [7, 11) is 0. The molecule has 0 unspecified atom stereocenters. The molecule has 1 heterocycles. The van der Waals surface area contributed by atoms with Crippen LogP contribution in [0.3, 0.4) is 0 Å². The highest BCUT2D eigenvalue weighted by molar-refractivity contribution is 5.99. The monoisotopic (exact) mass is 471 g/mol. The highest BCUT2D eigenvalue weighted by Gasteiger charge is 2.51. The molecule has 1 aliphatic rings. The molecule has 0 bridgehead atoms. The first-order valence-corrected chi connectivity index (χ1v) is 10.1. The van der Waals surface area contributed by atoms with Crippen molar-refractivity contribution in [2.75, 3.05) is 5.32 Å². The van der Waals surface area contributed by atoms with Gasteiger partial charge in [0.2, 0.25) is 5.82 Å². The third kappa shape index (κ3) is 4.85. The Kier molecular flexibility index (Phi) is 6.78. The molecule has 33 heavy (non-hydrogen) atoms. The standard InChI is InChI=1S/C23H22F5NO4/c1-10-17(13-6-8-16(25)18(26)19(13)32-22(27)28)20(33-23(10,3)4)21(31)29-12-5-7-15(24)14(9-12)11(2)30/h5-10,17,20,22H,1-4H3,(H,29,31)/t10-,17-,20+/m0/s1. The van der Waals surface area contributed by atoms with E-state index in [0.29, 0.717) is 0 Å². The highest BCUT2D eigenvalue weighted by atomic mass is 19.3. The van der Waals surface area contributed by atoms with Gasteiger partial charge >= 0.3 is 6.61 Å². The molecule has 1 saturated heterocycles. The Labute approximate surface area is 186 Å². The Morgan fingerprint density at radius 3 is 2.33 bits per heavy atom. The van der Waals surface area contributed by atoms with Gasteiger partial charge in [-0.3, -0.25) is 9.59 Å². The first-order valence-electron chi connectivity index (χ1n) is 10.1. The number of halogens is 5. The summed E-state index contributed by atoms with van der Waals surface area (Å²) in [6.07, 6.45) is -1.31. The van der Waals surface area contributed by atoms with E-state index < -0.39 is 65.0 Å². The molecule has 10 heteroatoms. The largest absolute Gasteiger partial charge is 0.431 e. The molecule has 5 nitrogen and oxygen atoms in total. The third-order valence-electron chi connectivity index (χ3n) is 5.91. The van der Waals surface area contributed by atoms with E-state index in [-0.39, 0.29) is 16.8 Å². The number of ether oxygens (including phenoxy) is 2. The Balaban J connectivity index is 2.02. The molecule has 0 radical (unpaired) electrons. The summed E-state index contributed by atoms with van der Waals surface area (Å²) in [6, 6.07) is 5.23. The van der Waals surface area contributed by atoms with Gasteiger partial charge in [-0.2, -0.15) is 13.2 Å². The van der Waals surface area contributed by atoms with Crippen molar-refractivity contribution in [2.24, 2.45) is 5.92 Å². The van der Waals surface area contributed by atoms with Gasteiger partial charge in [0.1, 0.15) is 11.9 Å². The molecule has 1 fully saturated rings. The molecule has 3 atom stereocenters. The fourth-order valence-electron chi connectivity index (χ4n) is 3.96. The molecule has 1 N–H and O–H groups in total. The summed E-state index contributed by atoms with van der Waals surface area (Å²) >= 11 is 0. The number of benzene rings is 2. The third-order valence-corrected chi connectivity index (χ3v) is 5.91. The number of amides is 1. The lowest BCUT2D eigenvalue weighted by molar-refractivity contribution is -0.131. The fourth-order valence-corrected chi connectivity index (χ4v) is 3.96. The van der Waals surface area contributed by atoms with E-state index in [1.165, 1.54) is 6.07 Å². The van der Waals surface area contributed by atoms with Crippen molar-refractivity contribution in [3.63, 3.8) is 0 Å². The van der Waals surface area contributed by atoms with Gasteiger partial charge in [-0.05, 0) is 51.0 Å². The number of Topliss-reactive ketones (excluding diaryl/α,β-unsaturated/α-hetero) is 1. The van der Waals surface area contributed by atoms with Crippen molar-refractivity contribution in [2.45, 2.75) is 51.9 Å². The minimum absolute atomic E-state index is 0.0978. The number of rotatable bonds is 6. The van der Waals surface area contributed by atoms with Crippen molar-refractivity contribution in [1.29, 1.82) is 0 Å². The van der Waals surface area contributed by atoms with E-state index in [9.17, 15) is 31.5 Å². The second-order valence-electron chi connectivity index (χ2n) is 8.35. The molecular formula is C23H22F5NO4. The van der Waals surface area contributed by atoms with Gasteiger partial charge in [-0.1, -0.05) is 13.0 Å². The zero-order chi connectivity index (χ0) is 24.7. The van der Waals surface area contributed by atoms with Gasteiger partial charge < -0.3 is 14.8 Å². The lowest BCUT2D eigenvalue weighted by Gasteiger charge is -2.26. The van der Waals surface area contributed by atoms with Gasteiger partial charge in [-0.25, -0.2) is 8.78 Å². The van der Waals surface area contributed by atoms with Crippen LogP contribution in [0.5, 0.6) is 5.75 Å². The predicted octanol–water partition coefficient (Wildman–Crippen LogP) is 5.44. The van der Waals surface area contributed by atoms with Gasteiger partial charge in [-0.15, -0.1) is 0 Å². The SMILES string of the molecule is CC(=O)c1cc(NC(=O)[C@@H]2OC(C)(C)[C@@H](C)[C@H]2c2ccc(F)c(F)c2OC(F)F)ccc1F. The number of carbonyl (C=O) groups excluding carboxylic acids is 2. The summed E-state index contributed by atoms with van der Waals surface area (Å²) in [5, 5.41) is 2.51. The van der Waals surface area contributed by atoms with Crippen molar-refractivity contribution < 1.29 is 41.0 Å². The van der Waals surface area contributed by atoms with Gasteiger partial charge in [0.05, 0.1) is 11.2 Å². The number of anilines is 1. The van der Waals surface area contributed by atoms with E-state index in [0.717, 1.165) is 31.2 Å². The first kappa shape index (κ1) is 24.6. The summed E-state index contributed by atoms with van der Waals surface area (Å²) in [5.74, 6) is -7.55. The van der Waals surface area contributed by atoms with Gasteiger partial charge in [0, 0.05) is 17.2 Å². The van der Waals surface area contributed by atoms with E-state index >= 15 is 0 Å².